The van der Waals surface area contributed by atoms with Gasteiger partial charge in [0.25, 0.3) is 0 Å². The molecule has 21 heavy (non-hydrogen) atoms. The lowest BCUT2D eigenvalue weighted by atomic mass is 9.96. The lowest BCUT2D eigenvalue weighted by Gasteiger charge is -2.32. The summed E-state index contributed by atoms with van der Waals surface area (Å²) in [5.41, 5.74) is 0.877. The first-order valence-corrected chi connectivity index (χ1v) is 7.98. The number of carbonyl (C=O) groups is 1. The van der Waals surface area contributed by atoms with E-state index in [9.17, 15) is 4.79 Å². The summed E-state index contributed by atoms with van der Waals surface area (Å²) in [4.78, 5) is 14.7. The molecule has 0 aliphatic carbocycles. The first kappa shape index (κ1) is 16.0. The average molecular weight is 290 g/mol. The van der Waals surface area contributed by atoms with Gasteiger partial charge in [-0.1, -0.05) is 18.2 Å². The third-order valence-corrected chi connectivity index (χ3v) is 4.05. The van der Waals surface area contributed by atoms with E-state index >= 15 is 0 Å². The van der Waals surface area contributed by atoms with Crippen LogP contribution in [0.4, 0.5) is 5.69 Å². The molecule has 1 saturated heterocycles. The van der Waals surface area contributed by atoms with Gasteiger partial charge in [-0.25, -0.2) is 0 Å². The number of nitrogens with one attached hydrogen (secondary N) is 1. The number of nitrogens with zero attached hydrogens (tertiary/aromatic N) is 1. The lowest BCUT2D eigenvalue weighted by molar-refractivity contribution is -0.121. The number of aliphatic hydroxyl groups is 1. The Hall–Kier alpha value is -1.39. The topological polar surface area (TPSA) is 52.6 Å². The maximum atomic E-state index is 12.3. The van der Waals surface area contributed by atoms with Crippen LogP contribution in [0.1, 0.15) is 32.1 Å². The van der Waals surface area contributed by atoms with Crippen LogP contribution in [0.3, 0.4) is 0 Å². The summed E-state index contributed by atoms with van der Waals surface area (Å²) in [6.07, 6.45) is 5.12. The Labute approximate surface area is 127 Å². The highest BCUT2D eigenvalue weighted by atomic mass is 16.2. The number of hydrogen-bond donors (Lipinski definition) is 2. The third kappa shape index (κ3) is 5.48. The summed E-state index contributed by atoms with van der Waals surface area (Å²) in [6, 6.07) is 9.67. The monoisotopic (exact) mass is 290 g/mol. The van der Waals surface area contributed by atoms with Crippen molar-refractivity contribution in [1.29, 1.82) is 0 Å². The fraction of sp³-hybridized carbons (Fsp3) is 0.588. The predicted molar refractivity (Wildman–Crippen MR) is 85.2 cm³/mol. The Kier molecular flexibility index (Phi) is 6.70. The molecule has 1 atom stereocenters. The van der Waals surface area contributed by atoms with Crippen LogP contribution in [0.25, 0.3) is 0 Å². The molecule has 0 aromatic heterocycles. The molecule has 2 N–H and O–H groups in total. The first-order valence-electron chi connectivity index (χ1n) is 7.98. The number of rotatable bonds is 7. The summed E-state index contributed by atoms with van der Waals surface area (Å²) in [6.45, 7) is 3.27. The summed E-state index contributed by atoms with van der Waals surface area (Å²) in [5, 5.41) is 11.8. The molecule has 1 aliphatic heterocycles. The summed E-state index contributed by atoms with van der Waals surface area (Å²) < 4.78 is 0. The van der Waals surface area contributed by atoms with E-state index in [1.807, 2.05) is 30.3 Å². The molecular formula is C17H26N2O2. The second-order valence-electron chi connectivity index (χ2n) is 5.78. The molecule has 0 bridgehead atoms. The zero-order valence-electron chi connectivity index (χ0n) is 12.6. The van der Waals surface area contributed by atoms with E-state index in [-0.39, 0.29) is 18.4 Å². The second kappa shape index (κ2) is 8.80. The molecule has 2 rings (SSSR count). The van der Waals surface area contributed by atoms with Gasteiger partial charge >= 0.3 is 0 Å². The van der Waals surface area contributed by atoms with Crippen molar-refractivity contribution < 1.29 is 9.90 Å². The molecule has 1 fully saturated rings. The van der Waals surface area contributed by atoms with E-state index in [0.29, 0.717) is 0 Å². The average Bonchev–Trinajstić information content (AvgIpc) is 2.53. The van der Waals surface area contributed by atoms with Crippen LogP contribution >= 0.6 is 0 Å². The second-order valence-corrected chi connectivity index (χ2v) is 5.78. The Balaban J connectivity index is 1.76. The molecule has 1 aromatic carbocycles. The number of hydrogen-bond acceptors (Lipinski definition) is 3. The molecule has 1 unspecified atom stereocenters. The van der Waals surface area contributed by atoms with Crippen molar-refractivity contribution in [3.05, 3.63) is 30.3 Å². The van der Waals surface area contributed by atoms with Gasteiger partial charge in [0.2, 0.25) is 5.91 Å². The van der Waals surface area contributed by atoms with E-state index in [2.05, 4.69) is 10.2 Å². The number of amides is 1. The fourth-order valence-electron chi connectivity index (χ4n) is 2.86. The molecule has 116 valence electrons. The number of anilines is 1. The Morgan fingerprint density at radius 2 is 2.05 bits per heavy atom. The van der Waals surface area contributed by atoms with Crippen molar-refractivity contribution in [3.63, 3.8) is 0 Å². The molecule has 0 radical (unpaired) electrons. The van der Waals surface area contributed by atoms with Crippen LogP contribution in [0.15, 0.2) is 30.3 Å². The minimum Gasteiger partial charge on any atom is -0.396 e. The lowest BCUT2D eigenvalue weighted by Crippen LogP contribution is -2.41. The minimum atomic E-state index is 0.0943. The smallest absolute Gasteiger partial charge is 0.228 e. The molecule has 1 heterocycles. The number of benzene rings is 1. The Morgan fingerprint density at radius 3 is 2.81 bits per heavy atom. The quantitative estimate of drug-likeness (QED) is 0.759. The number of piperidine rings is 1. The maximum absolute atomic E-state index is 12.3. The number of likely N-dealkylation sites (tertiary alicyclic amines) is 1. The number of unbranched alkanes of at least 4 members (excludes halogenated alkanes) is 2. The zero-order valence-corrected chi connectivity index (χ0v) is 12.6. The van der Waals surface area contributed by atoms with Crippen LogP contribution in [0.2, 0.25) is 0 Å². The van der Waals surface area contributed by atoms with E-state index in [1.165, 1.54) is 0 Å². The molecule has 1 aromatic rings. The molecule has 4 heteroatoms. The molecule has 1 aliphatic rings. The van der Waals surface area contributed by atoms with Crippen molar-refractivity contribution in [1.82, 2.24) is 4.90 Å². The highest BCUT2D eigenvalue weighted by molar-refractivity contribution is 5.92. The van der Waals surface area contributed by atoms with Gasteiger partial charge in [0.15, 0.2) is 0 Å². The van der Waals surface area contributed by atoms with Crippen molar-refractivity contribution in [2.24, 2.45) is 5.92 Å². The van der Waals surface area contributed by atoms with Crippen LogP contribution in [0.5, 0.6) is 0 Å². The van der Waals surface area contributed by atoms with Crippen LogP contribution in [-0.4, -0.2) is 42.2 Å². The van der Waals surface area contributed by atoms with Crippen molar-refractivity contribution in [3.8, 4) is 0 Å². The van der Waals surface area contributed by atoms with Crippen LogP contribution < -0.4 is 5.32 Å². The van der Waals surface area contributed by atoms with Gasteiger partial charge in [0.05, 0.1) is 5.92 Å². The van der Waals surface area contributed by atoms with Gasteiger partial charge in [-0.3, -0.25) is 4.79 Å². The van der Waals surface area contributed by atoms with Crippen molar-refractivity contribution >= 4 is 11.6 Å². The summed E-state index contributed by atoms with van der Waals surface area (Å²) in [5.74, 6) is 0.234. The van der Waals surface area contributed by atoms with E-state index in [1.54, 1.807) is 0 Å². The Morgan fingerprint density at radius 1 is 1.24 bits per heavy atom. The highest BCUT2D eigenvalue weighted by Crippen LogP contribution is 2.19. The van der Waals surface area contributed by atoms with Gasteiger partial charge in [-0.2, -0.15) is 0 Å². The molecule has 1 amide bonds. The van der Waals surface area contributed by atoms with Gasteiger partial charge in [-0.05, 0) is 57.3 Å². The maximum Gasteiger partial charge on any atom is 0.228 e. The minimum absolute atomic E-state index is 0.0943. The first-order chi connectivity index (χ1) is 10.3. The molecule has 4 nitrogen and oxygen atoms in total. The molecule has 0 spiro atoms. The molecular weight excluding hydrogens is 264 g/mol. The van der Waals surface area contributed by atoms with E-state index in [0.717, 1.165) is 57.4 Å². The summed E-state index contributed by atoms with van der Waals surface area (Å²) >= 11 is 0. The standard InChI is InChI=1S/C17H26N2O2/c20-13-6-2-5-11-19-12-7-8-15(14-19)17(21)18-16-9-3-1-4-10-16/h1,3-4,9-10,15,20H,2,5-8,11-14H2,(H,18,21). The fourth-order valence-corrected chi connectivity index (χ4v) is 2.86. The number of para-hydroxylation sites is 1. The van der Waals surface area contributed by atoms with Crippen LogP contribution in [-0.2, 0) is 4.79 Å². The van der Waals surface area contributed by atoms with Crippen molar-refractivity contribution in [2.45, 2.75) is 32.1 Å². The Bertz CT molecular complexity index is 422. The zero-order chi connectivity index (χ0) is 14.9. The predicted octanol–water partition coefficient (Wildman–Crippen LogP) is 2.50. The van der Waals surface area contributed by atoms with Crippen molar-refractivity contribution in [2.75, 3.05) is 31.6 Å². The summed E-state index contributed by atoms with van der Waals surface area (Å²) in [7, 11) is 0. The number of carbonyl (C=O) groups excluding carboxylic acids is 1. The largest absolute Gasteiger partial charge is 0.396 e. The highest BCUT2D eigenvalue weighted by Gasteiger charge is 2.25. The van der Waals surface area contributed by atoms with E-state index in [4.69, 9.17) is 5.11 Å². The van der Waals surface area contributed by atoms with Crippen LogP contribution in [0, 0.1) is 5.92 Å². The van der Waals surface area contributed by atoms with Gasteiger partial charge < -0.3 is 15.3 Å². The van der Waals surface area contributed by atoms with Gasteiger partial charge in [0.1, 0.15) is 0 Å². The third-order valence-electron chi connectivity index (χ3n) is 4.05. The number of aliphatic hydroxyl groups excluding tert-OH is 1. The van der Waals surface area contributed by atoms with Gasteiger partial charge in [-0.15, -0.1) is 0 Å². The normalized spacial score (nSPS) is 19.4. The SMILES string of the molecule is O=C(Nc1ccccc1)C1CCCN(CCCCCO)C1. The molecule has 0 saturated carbocycles. The van der Waals surface area contributed by atoms with Gasteiger partial charge in [0, 0.05) is 18.8 Å². The van der Waals surface area contributed by atoms with E-state index < -0.39 is 0 Å².